The third-order valence-corrected chi connectivity index (χ3v) is 5.30. The van der Waals surface area contributed by atoms with Gasteiger partial charge in [0.2, 0.25) is 5.88 Å². The zero-order chi connectivity index (χ0) is 18.8. The van der Waals surface area contributed by atoms with E-state index in [4.69, 9.17) is 16.3 Å². The summed E-state index contributed by atoms with van der Waals surface area (Å²) in [6, 6.07) is 14.7. The number of hydrogen-bond donors (Lipinski definition) is 1. The Kier molecular flexibility index (Phi) is 4.83. The van der Waals surface area contributed by atoms with Crippen molar-refractivity contribution in [3.05, 3.63) is 73.7 Å². The number of allylic oxidation sites excluding steroid dienone is 1. The van der Waals surface area contributed by atoms with Gasteiger partial charge in [0.05, 0.1) is 17.1 Å². The number of para-hydroxylation sites is 1. The second-order valence-electron chi connectivity index (χ2n) is 5.88. The molecule has 1 aliphatic rings. The van der Waals surface area contributed by atoms with Crippen LogP contribution in [-0.2, 0) is 6.54 Å². The summed E-state index contributed by atoms with van der Waals surface area (Å²) in [4.78, 5) is 16.9. The second-order valence-corrected chi connectivity index (χ2v) is 7.31. The van der Waals surface area contributed by atoms with Gasteiger partial charge in [0.1, 0.15) is 12.4 Å². The molecule has 0 unspecified atom stereocenters. The van der Waals surface area contributed by atoms with Crippen molar-refractivity contribution in [1.82, 2.24) is 4.57 Å². The van der Waals surface area contributed by atoms with Crippen LogP contribution in [0.1, 0.15) is 10.4 Å². The molecule has 0 amide bonds. The van der Waals surface area contributed by atoms with Crippen molar-refractivity contribution >= 4 is 46.5 Å². The van der Waals surface area contributed by atoms with Crippen molar-refractivity contribution < 1.29 is 9.84 Å². The highest BCUT2D eigenvalue weighted by molar-refractivity contribution is 7.10. The third-order valence-electron chi connectivity index (χ3n) is 4.14. The van der Waals surface area contributed by atoms with Gasteiger partial charge in [-0.05, 0) is 36.4 Å². The van der Waals surface area contributed by atoms with Gasteiger partial charge in [0.25, 0.3) is 0 Å². The SMILES string of the molecule is O=c1sc(/C=C2/C=Nc3ccccc32)c(O)n1CCOc1ccc(Cl)cc1. The molecule has 0 aliphatic carbocycles. The summed E-state index contributed by atoms with van der Waals surface area (Å²) in [7, 11) is 0. The molecule has 0 fully saturated rings. The van der Waals surface area contributed by atoms with E-state index in [1.165, 1.54) is 4.57 Å². The van der Waals surface area contributed by atoms with E-state index in [1.807, 2.05) is 24.3 Å². The Bertz CT molecular complexity index is 1100. The summed E-state index contributed by atoms with van der Waals surface area (Å²) < 4.78 is 6.91. The average Bonchev–Trinajstić information content (AvgIpc) is 3.19. The van der Waals surface area contributed by atoms with Gasteiger partial charge in [-0.2, -0.15) is 0 Å². The Labute approximate surface area is 164 Å². The molecule has 0 bridgehead atoms. The standard InChI is InChI=1S/C20H15ClN2O3S/c21-14-5-7-15(8-6-14)26-10-9-23-19(24)18(27-20(23)25)11-13-12-22-17-4-2-1-3-16(13)17/h1-8,11-12,24H,9-10H2/b13-11-. The Morgan fingerprint density at radius 1 is 1.19 bits per heavy atom. The molecule has 7 heteroatoms. The molecular weight excluding hydrogens is 384 g/mol. The minimum atomic E-state index is -0.234. The van der Waals surface area contributed by atoms with E-state index in [2.05, 4.69) is 4.99 Å². The van der Waals surface area contributed by atoms with Gasteiger partial charge in [-0.1, -0.05) is 41.1 Å². The third kappa shape index (κ3) is 3.67. The molecule has 0 atom stereocenters. The predicted molar refractivity (Wildman–Crippen MR) is 110 cm³/mol. The first-order valence-electron chi connectivity index (χ1n) is 8.28. The number of ether oxygens (including phenoxy) is 1. The lowest BCUT2D eigenvalue weighted by atomic mass is 10.1. The van der Waals surface area contributed by atoms with Crippen molar-refractivity contribution in [2.75, 3.05) is 6.61 Å². The first kappa shape index (κ1) is 17.6. The van der Waals surface area contributed by atoms with Crippen LogP contribution in [0.4, 0.5) is 5.69 Å². The molecule has 5 nitrogen and oxygen atoms in total. The van der Waals surface area contributed by atoms with Gasteiger partial charge in [0, 0.05) is 22.4 Å². The smallest absolute Gasteiger partial charge is 0.310 e. The molecule has 0 saturated carbocycles. The maximum atomic E-state index is 12.3. The highest BCUT2D eigenvalue weighted by Gasteiger charge is 2.16. The minimum Gasteiger partial charge on any atom is -0.493 e. The Balaban J connectivity index is 1.51. The number of aromatic hydroxyl groups is 1. The molecule has 3 aromatic rings. The van der Waals surface area contributed by atoms with Crippen LogP contribution in [0.2, 0.25) is 5.02 Å². The minimum absolute atomic E-state index is 0.0602. The zero-order valence-corrected chi connectivity index (χ0v) is 15.7. The lowest BCUT2D eigenvalue weighted by Gasteiger charge is -2.07. The number of aliphatic imine (C=N–C) groups is 1. The van der Waals surface area contributed by atoms with E-state index >= 15 is 0 Å². The van der Waals surface area contributed by atoms with Crippen molar-refractivity contribution in [3.8, 4) is 11.6 Å². The Hall–Kier alpha value is -2.83. The summed E-state index contributed by atoms with van der Waals surface area (Å²) in [6.45, 7) is 0.504. The molecule has 1 aromatic heterocycles. The summed E-state index contributed by atoms with van der Waals surface area (Å²) in [5.74, 6) is 0.596. The maximum absolute atomic E-state index is 12.3. The van der Waals surface area contributed by atoms with Crippen LogP contribution in [0.5, 0.6) is 11.6 Å². The van der Waals surface area contributed by atoms with Gasteiger partial charge < -0.3 is 9.84 Å². The normalized spacial score (nSPS) is 13.9. The largest absolute Gasteiger partial charge is 0.493 e. The van der Waals surface area contributed by atoms with E-state index in [0.717, 1.165) is 28.2 Å². The monoisotopic (exact) mass is 398 g/mol. The molecule has 27 heavy (non-hydrogen) atoms. The molecular formula is C20H15ClN2O3S. The fourth-order valence-electron chi connectivity index (χ4n) is 2.79. The fraction of sp³-hybridized carbons (Fsp3) is 0.100. The van der Waals surface area contributed by atoms with Crippen LogP contribution in [0.3, 0.4) is 0 Å². The predicted octanol–water partition coefficient (Wildman–Crippen LogP) is 4.60. The number of nitrogens with zero attached hydrogens (tertiary/aromatic N) is 2. The second kappa shape index (κ2) is 7.42. The lowest BCUT2D eigenvalue weighted by Crippen LogP contribution is -2.17. The van der Waals surface area contributed by atoms with Gasteiger partial charge in [-0.15, -0.1) is 0 Å². The number of aromatic nitrogens is 1. The molecule has 0 spiro atoms. The molecule has 0 saturated heterocycles. The van der Waals surface area contributed by atoms with Crippen molar-refractivity contribution in [2.24, 2.45) is 4.99 Å². The Morgan fingerprint density at radius 3 is 2.78 bits per heavy atom. The van der Waals surface area contributed by atoms with Gasteiger partial charge in [-0.3, -0.25) is 14.4 Å². The number of thiazole rings is 1. The molecule has 4 rings (SSSR count). The van der Waals surface area contributed by atoms with Crippen LogP contribution in [0.15, 0.2) is 58.3 Å². The summed E-state index contributed by atoms with van der Waals surface area (Å²) >= 11 is 6.84. The van der Waals surface area contributed by atoms with Crippen molar-refractivity contribution in [3.63, 3.8) is 0 Å². The zero-order valence-electron chi connectivity index (χ0n) is 14.1. The van der Waals surface area contributed by atoms with Crippen LogP contribution in [0, 0.1) is 0 Å². The van der Waals surface area contributed by atoms with Gasteiger partial charge >= 0.3 is 4.87 Å². The molecule has 2 heterocycles. The fourth-order valence-corrected chi connectivity index (χ4v) is 3.78. The number of hydrogen-bond acceptors (Lipinski definition) is 5. The van der Waals surface area contributed by atoms with Crippen LogP contribution >= 0.6 is 22.9 Å². The van der Waals surface area contributed by atoms with Crippen molar-refractivity contribution in [2.45, 2.75) is 6.54 Å². The highest BCUT2D eigenvalue weighted by atomic mass is 35.5. The summed E-state index contributed by atoms with van der Waals surface area (Å²) in [5, 5.41) is 11.1. The lowest BCUT2D eigenvalue weighted by molar-refractivity contribution is 0.286. The van der Waals surface area contributed by atoms with Crippen molar-refractivity contribution in [1.29, 1.82) is 0 Å². The molecule has 136 valence electrons. The molecule has 1 N–H and O–H groups in total. The van der Waals surface area contributed by atoms with E-state index in [9.17, 15) is 9.90 Å². The number of benzene rings is 2. The highest BCUT2D eigenvalue weighted by Crippen LogP contribution is 2.34. The first-order valence-corrected chi connectivity index (χ1v) is 9.47. The topological polar surface area (TPSA) is 63.8 Å². The summed E-state index contributed by atoms with van der Waals surface area (Å²) in [6.07, 6.45) is 3.52. The van der Waals surface area contributed by atoms with Crippen LogP contribution in [-0.4, -0.2) is 22.5 Å². The molecule has 2 aromatic carbocycles. The Morgan fingerprint density at radius 2 is 1.96 bits per heavy atom. The average molecular weight is 399 g/mol. The van der Waals surface area contributed by atoms with Gasteiger partial charge in [0.15, 0.2) is 0 Å². The van der Waals surface area contributed by atoms with E-state index in [1.54, 1.807) is 36.6 Å². The van der Waals surface area contributed by atoms with Gasteiger partial charge in [-0.25, -0.2) is 0 Å². The van der Waals surface area contributed by atoms with Crippen LogP contribution in [0.25, 0.3) is 11.6 Å². The quantitative estimate of drug-likeness (QED) is 0.682. The molecule has 0 radical (unpaired) electrons. The number of fused-ring (bicyclic) bond motifs is 1. The van der Waals surface area contributed by atoms with E-state index in [0.29, 0.717) is 15.6 Å². The molecule has 1 aliphatic heterocycles. The number of rotatable bonds is 5. The van der Waals surface area contributed by atoms with E-state index in [-0.39, 0.29) is 23.9 Å². The first-order chi connectivity index (χ1) is 13.1. The number of halogens is 1. The van der Waals surface area contributed by atoms with Crippen LogP contribution < -0.4 is 9.61 Å². The van der Waals surface area contributed by atoms with E-state index < -0.39 is 0 Å². The maximum Gasteiger partial charge on any atom is 0.310 e. The summed E-state index contributed by atoms with van der Waals surface area (Å²) in [5.41, 5.74) is 2.73.